The Morgan fingerprint density at radius 3 is 2.93 bits per heavy atom. The van der Waals surface area contributed by atoms with Crippen molar-refractivity contribution < 1.29 is 4.39 Å². The number of nitrogens with zero attached hydrogens (tertiary/aromatic N) is 1. The van der Waals surface area contributed by atoms with E-state index >= 15 is 0 Å². The minimum absolute atomic E-state index is 0.205. The molecule has 0 aliphatic rings. The zero-order valence-electron chi connectivity index (χ0n) is 8.16. The van der Waals surface area contributed by atoms with Crippen LogP contribution in [0.1, 0.15) is 0 Å². The normalized spacial score (nSPS) is 11.6. The molecule has 0 saturated heterocycles. The second-order valence-corrected chi connectivity index (χ2v) is 3.61. The van der Waals surface area contributed by atoms with E-state index in [1.807, 2.05) is 29.0 Å². The molecule has 0 bridgehead atoms. The molecule has 15 heavy (non-hydrogen) atoms. The van der Waals surface area contributed by atoms with Crippen LogP contribution >= 0.6 is 11.6 Å². The maximum absolute atomic E-state index is 13.0. The molecule has 0 aliphatic carbocycles. The predicted octanol–water partition coefficient (Wildman–Crippen LogP) is 3.58. The lowest BCUT2D eigenvalue weighted by atomic mass is 10.2. The van der Waals surface area contributed by atoms with Crippen LogP contribution in [0.15, 0.2) is 42.6 Å². The number of rotatable bonds is 3. The molecule has 2 rings (SSSR count). The second-order valence-electron chi connectivity index (χ2n) is 3.30. The standard InChI is InChI=1S/C12H11ClFN/c13-6-1-2-7-15-8-5-10-3-4-11(14)9-12(10)15/h1-5,8-9H,6-7H2/b2-1+. The highest BCUT2D eigenvalue weighted by Crippen LogP contribution is 2.16. The monoisotopic (exact) mass is 223 g/mol. The molecule has 1 nitrogen and oxygen atoms in total. The lowest BCUT2D eigenvalue weighted by Gasteiger charge is -2.00. The summed E-state index contributed by atoms with van der Waals surface area (Å²) in [7, 11) is 0. The van der Waals surface area contributed by atoms with Crippen LogP contribution in [0.4, 0.5) is 4.39 Å². The number of allylic oxidation sites excluding steroid dienone is 2. The third-order valence-corrected chi connectivity index (χ3v) is 2.47. The number of alkyl halides is 1. The van der Waals surface area contributed by atoms with Crippen molar-refractivity contribution >= 4 is 22.5 Å². The van der Waals surface area contributed by atoms with Crippen LogP contribution in [0, 0.1) is 5.82 Å². The van der Waals surface area contributed by atoms with Gasteiger partial charge in [-0.2, -0.15) is 0 Å². The Morgan fingerprint density at radius 1 is 1.27 bits per heavy atom. The quantitative estimate of drug-likeness (QED) is 0.554. The number of hydrogen-bond acceptors (Lipinski definition) is 0. The van der Waals surface area contributed by atoms with Gasteiger partial charge in [-0.3, -0.25) is 0 Å². The number of aromatic nitrogens is 1. The first-order valence-corrected chi connectivity index (χ1v) is 5.30. The smallest absolute Gasteiger partial charge is 0.125 e. The van der Waals surface area contributed by atoms with Crippen LogP contribution in [0.25, 0.3) is 10.9 Å². The minimum Gasteiger partial charge on any atom is -0.344 e. The van der Waals surface area contributed by atoms with Crippen molar-refractivity contribution in [2.75, 3.05) is 5.88 Å². The van der Waals surface area contributed by atoms with E-state index in [0.29, 0.717) is 5.88 Å². The van der Waals surface area contributed by atoms with Gasteiger partial charge >= 0.3 is 0 Å². The number of benzene rings is 1. The molecule has 0 spiro atoms. The zero-order chi connectivity index (χ0) is 10.7. The maximum atomic E-state index is 13.0. The highest BCUT2D eigenvalue weighted by Gasteiger charge is 2.00. The van der Waals surface area contributed by atoms with Crippen LogP contribution < -0.4 is 0 Å². The van der Waals surface area contributed by atoms with Gasteiger partial charge in [-0.1, -0.05) is 12.2 Å². The molecule has 0 unspecified atom stereocenters. The topological polar surface area (TPSA) is 4.93 Å². The van der Waals surface area contributed by atoms with E-state index in [9.17, 15) is 4.39 Å². The molecule has 0 saturated carbocycles. The van der Waals surface area contributed by atoms with Gasteiger partial charge in [0.1, 0.15) is 5.82 Å². The molecule has 3 heteroatoms. The molecular formula is C12H11ClFN. The van der Waals surface area contributed by atoms with Gasteiger partial charge in [0.05, 0.1) is 5.52 Å². The molecule has 1 aromatic heterocycles. The second kappa shape index (κ2) is 4.49. The van der Waals surface area contributed by atoms with Crippen molar-refractivity contribution in [2.45, 2.75) is 6.54 Å². The Balaban J connectivity index is 2.35. The van der Waals surface area contributed by atoms with E-state index in [4.69, 9.17) is 11.6 Å². The molecule has 0 amide bonds. The fourth-order valence-electron chi connectivity index (χ4n) is 1.57. The largest absolute Gasteiger partial charge is 0.344 e. The first-order chi connectivity index (χ1) is 7.31. The molecule has 0 radical (unpaired) electrons. The zero-order valence-corrected chi connectivity index (χ0v) is 8.91. The van der Waals surface area contributed by atoms with Crippen molar-refractivity contribution in [1.82, 2.24) is 4.57 Å². The summed E-state index contributed by atoms with van der Waals surface area (Å²) in [4.78, 5) is 0. The summed E-state index contributed by atoms with van der Waals surface area (Å²) in [6.45, 7) is 0.722. The molecule has 0 N–H and O–H groups in total. The van der Waals surface area contributed by atoms with Crippen molar-refractivity contribution in [1.29, 1.82) is 0 Å². The fraction of sp³-hybridized carbons (Fsp3) is 0.167. The highest BCUT2D eigenvalue weighted by molar-refractivity contribution is 6.18. The van der Waals surface area contributed by atoms with Gasteiger partial charge in [-0.05, 0) is 29.7 Å². The third-order valence-electron chi connectivity index (χ3n) is 2.29. The van der Waals surface area contributed by atoms with E-state index in [1.165, 1.54) is 6.07 Å². The number of fused-ring (bicyclic) bond motifs is 1. The van der Waals surface area contributed by atoms with Gasteiger partial charge < -0.3 is 4.57 Å². The maximum Gasteiger partial charge on any atom is 0.125 e. The van der Waals surface area contributed by atoms with E-state index in [2.05, 4.69) is 0 Å². The molecule has 2 aromatic rings. The van der Waals surface area contributed by atoms with Crippen molar-refractivity contribution in [3.05, 3.63) is 48.4 Å². The minimum atomic E-state index is -0.205. The van der Waals surface area contributed by atoms with E-state index in [0.717, 1.165) is 17.4 Å². The summed E-state index contributed by atoms with van der Waals surface area (Å²) < 4.78 is 15.0. The Bertz CT molecular complexity index is 487. The van der Waals surface area contributed by atoms with E-state index in [-0.39, 0.29) is 5.82 Å². The van der Waals surface area contributed by atoms with Gasteiger partial charge in [0.15, 0.2) is 0 Å². The van der Waals surface area contributed by atoms with Crippen LogP contribution in [0.3, 0.4) is 0 Å². The average molecular weight is 224 g/mol. The Morgan fingerprint density at radius 2 is 2.13 bits per heavy atom. The molecular weight excluding hydrogens is 213 g/mol. The summed E-state index contributed by atoms with van der Waals surface area (Å²) in [6, 6.07) is 6.78. The Kier molecular flexibility index (Phi) is 3.07. The molecule has 0 atom stereocenters. The van der Waals surface area contributed by atoms with Crippen molar-refractivity contribution in [3.63, 3.8) is 0 Å². The highest BCUT2D eigenvalue weighted by atomic mass is 35.5. The number of hydrogen-bond donors (Lipinski definition) is 0. The summed E-state index contributed by atoms with van der Waals surface area (Å²) in [6.07, 6.45) is 5.80. The summed E-state index contributed by atoms with van der Waals surface area (Å²) in [5.41, 5.74) is 0.911. The summed E-state index contributed by atoms with van der Waals surface area (Å²) in [5.74, 6) is 0.303. The molecule has 78 valence electrons. The lowest BCUT2D eigenvalue weighted by molar-refractivity contribution is 0.628. The fourth-order valence-corrected chi connectivity index (χ4v) is 1.69. The van der Waals surface area contributed by atoms with Gasteiger partial charge in [-0.25, -0.2) is 4.39 Å². The molecule has 0 fully saturated rings. The van der Waals surface area contributed by atoms with E-state index < -0.39 is 0 Å². The summed E-state index contributed by atoms with van der Waals surface area (Å²) >= 11 is 5.53. The third kappa shape index (κ3) is 2.21. The van der Waals surface area contributed by atoms with Crippen LogP contribution in [0.2, 0.25) is 0 Å². The average Bonchev–Trinajstić information content (AvgIpc) is 2.62. The summed E-state index contributed by atoms with van der Waals surface area (Å²) in [5, 5.41) is 1.05. The number of halogens is 2. The molecule has 0 aliphatic heterocycles. The van der Waals surface area contributed by atoms with Gasteiger partial charge in [0, 0.05) is 18.6 Å². The first-order valence-electron chi connectivity index (χ1n) is 4.76. The van der Waals surface area contributed by atoms with Gasteiger partial charge in [0.2, 0.25) is 0 Å². The van der Waals surface area contributed by atoms with Gasteiger partial charge in [0.25, 0.3) is 0 Å². The van der Waals surface area contributed by atoms with Crippen molar-refractivity contribution in [2.24, 2.45) is 0 Å². The van der Waals surface area contributed by atoms with Crippen LogP contribution in [0.5, 0.6) is 0 Å². The first kappa shape index (κ1) is 10.2. The Hall–Kier alpha value is -1.28. The Labute approximate surface area is 92.8 Å². The SMILES string of the molecule is Fc1ccc2ccn(C/C=C/CCl)c2c1. The van der Waals surface area contributed by atoms with Gasteiger partial charge in [-0.15, -0.1) is 11.6 Å². The van der Waals surface area contributed by atoms with Crippen molar-refractivity contribution in [3.8, 4) is 0 Å². The van der Waals surface area contributed by atoms with Crippen LogP contribution in [-0.2, 0) is 6.54 Å². The predicted molar refractivity (Wildman–Crippen MR) is 61.8 cm³/mol. The molecule has 1 heterocycles. The lowest BCUT2D eigenvalue weighted by Crippen LogP contribution is -1.92. The van der Waals surface area contributed by atoms with Crippen LogP contribution in [-0.4, -0.2) is 10.4 Å². The van der Waals surface area contributed by atoms with E-state index in [1.54, 1.807) is 12.1 Å². The molecule has 1 aromatic carbocycles.